The second-order valence-electron chi connectivity index (χ2n) is 8.66. The van der Waals surface area contributed by atoms with Crippen molar-refractivity contribution < 1.29 is 28.7 Å². The van der Waals surface area contributed by atoms with Crippen LogP contribution in [0.15, 0.2) is 18.2 Å². The Hall–Kier alpha value is -3.10. The van der Waals surface area contributed by atoms with E-state index in [0.717, 1.165) is 0 Å². The molecule has 0 spiro atoms. The number of Topliss-reactive ketones (excluding diaryl/α,β-unsaturated/α-hetero) is 1. The van der Waals surface area contributed by atoms with E-state index in [1.54, 1.807) is 28.0 Å². The minimum atomic E-state index is -0.569. The first-order chi connectivity index (χ1) is 14.6. The van der Waals surface area contributed by atoms with Crippen LogP contribution in [0.3, 0.4) is 0 Å². The van der Waals surface area contributed by atoms with Gasteiger partial charge in [0, 0.05) is 44.7 Å². The summed E-state index contributed by atoms with van der Waals surface area (Å²) in [4.78, 5) is 54.0. The molecule has 0 aliphatic carbocycles. The normalized spacial score (nSPS) is 17.6. The van der Waals surface area contributed by atoms with Gasteiger partial charge in [0.25, 0.3) is 5.91 Å². The largest absolute Gasteiger partial charge is 0.495 e. The summed E-state index contributed by atoms with van der Waals surface area (Å²) in [5.41, 5.74) is 0.337. The lowest BCUT2D eigenvalue weighted by molar-refractivity contribution is -0.128. The van der Waals surface area contributed by atoms with E-state index in [1.807, 2.05) is 20.8 Å². The zero-order valence-corrected chi connectivity index (χ0v) is 18.5. The SMILES string of the molecule is COc1ccc(C(=O)N2CCN(C(=O)OC(C)(C)C)CC2)cc1N1CCC(=O)CC1=O. The Morgan fingerprint density at radius 1 is 0.968 bits per heavy atom. The number of carbonyl (C=O) groups excluding carboxylic acids is 4. The molecule has 0 saturated carbocycles. The number of methoxy groups -OCH3 is 1. The van der Waals surface area contributed by atoms with E-state index in [-0.39, 0.29) is 43.1 Å². The molecule has 0 aromatic heterocycles. The van der Waals surface area contributed by atoms with Gasteiger partial charge in [0.05, 0.1) is 19.2 Å². The predicted molar refractivity (Wildman–Crippen MR) is 113 cm³/mol. The molecule has 0 bridgehead atoms. The van der Waals surface area contributed by atoms with Crippen LogP contribution in [0.5, 0.6) is 5.75 Å². The number of ether oxygens (including phenoxy) is 2. The van der Waals surface area contributed by atoms with Gasteiger partial charge in [-0.1, -0.05) is 0 Å². The van der Waals surface area contributed by atoms with E-state index >= 15 is 0 Å². The molecule has 2 heterocycles. The first-order valence-electron chi connectivity index (χ1n) is 10.4. The Kier molecular flexibility index (Phi) is 6.52. The second kappa shape index (κ2) is 8.95. The average Bonchev–Trinajstić information content (AvgIpc) is 2.72. The number of piperidine rings is 1. The Balaban J connectivity index is 1.71. The standard InChI is InChI=1S/C22H29N3O6/c1-22(2,3)31-21(29)24-11-9-23(10-12-24)20(28)15-5-6-18(30-4)17(13-15)25-8-7-16(26)14-19(25)27/h5-6,13H,7-12,14H2,1-4H3. The molecule has 2 fully saturated rings. The van der Waals surface area contributed by atoms with Crippen LogP contribution >= 0.6 is 0 Å². The molecule has 31 heavy (non-hydrogen) atoms. The molecule has 0 N–H and O–H groups in total. The number of benzene rings is 1. The van der Waals surface area contributed by atoms with E-state index in [9.17, 15) is 19.2 Å². The van der Waals surface area contributed by atoms with Crippen molar-refractivity contribution in [1.29, 1.82) is 0 Å². The first kappa shape index (κ1) is 22.6. The van der Waals surface area contributed by atoms with Gasteiger partial charge in [0.1, 0.15) is 17.1 Å². The van der Waals surface area contributed by atoms with E-state index in [0.29, 0.717) is 43.2 Å². The maximum atomic E-state index is 13.1. The van der Waals surface area contributed by atoms with E-state index in [4.69, 9.17) is 9.47 Å². The van der Waals surface area contributed by atoms with Crippen LogP contribution in [-0.2, 0) is 14.3 Å². The highest BCUT2D eigenvalue weighted by molar-refractivity contribution is 6.09. The summed E-state index contributed by atoms with van der Waals surface area (Å²) in [5.74, 6) is -0.109. The maximum Gasteiger partial charge on any atom is 0.410 e. The Morgan fingerprint density at radius 2 is 1.61 bits per heavy atom. The molecule has 3 amide bonds. The Bertz CT molecular complexity index is 884. The molecule has 2 aliphatic heterocycles. The lowest BCUT2D eigenvalue weighted by atomic mass is 10.1. The van der Waals surface area contributed by atoms with Crippen LogP contribution in [0.1, 0.15) is 44.0 Å². The van der Waals surface area contributed by atoms with Crippen molar-refractivity contribution in [3.8, 4) is 5.75 Å². The number of carbonyl (C=O) groups is 4. The van der Waals surface area contributed by atoms with Crippen LogP contribution < -0.4 is 9.64 Å². The van der Waals surface area contributed by atoms with Crippen molar-refractivity contribution in [1.82, 2.24) is 9.80 Å². The van der Waals surface area contributed by atoms with Gasteiger partial charge in [-0.2, -0.15) is 0 Å². The average molecular weight is 431 g/mol. The van der Waals surface area contributed by atoms with Crippen molar-refractivity contribution in [3.63, 3.8) is 0 Å². The second-order valence-corrected chi connectivity index (χ2v) is 8.66. The lowest BCUT2D eigenvalue weighted by Crippen LogP contribution is -2.51. The number of piperazine rings is 1. The van der Waals surface area contributed by atoms with E-state index in [1.165, 1.54) is 12.0 Å². The fourth-order valence-electron chi connectivity index (χ4n) is 3.60. The zero-order chi connectivity index (χ0) is 22.8. The van der Waals surface area contributed by atoms with E-state index in [2.05, 4.69) is 0 Å². The molecule has 0 radical (unpaired) electrons. The summed E-state index contributed by atoms with van der Waals surface area (Å²) in [6, 6.07) is 4.95. The topological polar surface area (TPSA) is 96.5 Å². The zero-order valence-electron chi connectivity index (χ0n) is 18.5. The van der Waals surface area contributed by atoms with Crippen molar-refractivity contribution in [2.45, 2.75) is 39.2 Å². The molecule has 0 unspecified atom stereocenters. The van der Waals surface area contributed by atoms with Gasteiger partial charge < -0.3 is 24.2 Å². The van der Waals surface area contributed by atoms with Crippen molar-refractivity contribution in [2.75, 3.05) is 44.7 Å². The lowest BCUT2D eigenvalue weighted by Gasteiger charge is -2.35. The number of rotatable bonds is 3. The highest BCUT2D eigenvalue weighted by atomic mass is 16.6. The van der Waals surface area contributed by atoms with Gasteiger partial charge in [0.15, 0.2) is 0 Å². The molecular formula is C22H29N3O6. The molecule has 168 valence electrons. The molecular weight excluding hydrogens is 402 g/mol. The van der Waals surface area contributed by atoms with Gasteiger partial charge in [-0.15, -0.1) is 0 Å². The highest BCUT2D eigenvalue weighted by Gasteiger charge is 2.30. The third kappa shape index (κ3) is 5.34. The smallest absolute Gasteiger partial charge is 0.410 e. The molecule has 9 nitrogen and oxygen atoms in total. The summed E-state index contributed by atoms with van der Waals surface area (Å²) < 4.78 is 10.8. The molecule has 2 saturated heterocycles. The van der Waals surface area contributed by atoms with E-state index < -0.39 is 5.60 Å². The molecule has 2 aliphatic rings. The summed E-state index contributed by atoms with van der Waals surface area (Å²) >= 11 is 0. The van der Waals surface area contributed by atoms with Crippen LogP contribution in [0.4, 0.5) is 10.5 Å². The van der Waals surface area contributed by atoms with Gasteiger partial charge in [-0.25, -0.2) is 4.79 Å². The van der Waals surface area contributed by atoms with Crippen LogP contribution in [0.2, 0.25) is 0 Å². The fraction of sp³-hybridized carbons (Fsp3) is 0.545. The Labute approximate surface area is 181 Å². The van der Waals surface area contributed by atoms with Gasteiger partial charge >= 0.3 is 6.09 Å². The monoisotopic (exact) mass is 431 g/mol. The summed E-state index contributed by atoms with van der Waals surface area (Å²) in [7, 11) is 1.50. The molecule has 3 rings (SSSR count). The maximum absolute atomic E-state index is 13.1. The molecule has 0 atom stereocenters. The number of hydrogen-bond acceptors (Lipinski definition) is 6. The first-order valence-corrected chi connectivity index (χ1v) is 10.4. The van der Waals surface area contributed by atoms with Crippen LogP contribution in [0.25, 0.3) is 0 Å². The quantitative estimate of drug-likeness (QED) is 0.680. The van der Waals surface area contributed by atoms with Crippen molar-refractivity contribution in [3.05, 3.63) is 23.8 Å². The van der Waals surface area contributed by atoms with Gasteiger partial charge in [0.2, 0.25) is 5.91 Å². The minimum absolute atomic E-state index is 0.0877. The third-order valence-corrected chi connectivity index (χ3v) is 5.20. The van der Waals surface area contributed by atoms with Crippen LogP contribution in [0, 0.1) is 0 Å². The summed E-state index contributed by atoms with van der Waals surface area (Å²) in [6.07, 6.45) is -0.252. The number of ketones is 1. The summed E-state index contributed by atoms with van der Waals surface area (Å²) in [6.45, 7) is 7.25. The predicted octanol–water partition coefficient (Wildman–Crippen LogP) is 2.08. The van der Waals surface area contributed by atoms with Crippen molar-refractivity contribution in [2.24, 2.45) is 0 Å². The van der Waals surface area contributed by atoms with Crippen molar-refractivity contribution >= 4 is 29.4 Å². The number of nitrogens with zero attached hydrogens (tertiary/aromatic N) is 3. The molecule has 1 aromatic rings. The fourth-order valence-corrected chi connectivity index (χ4v) is 3.60. The molecule has 9 heteroatoms. The highest BCUT2D eigenvalue weighted by Crippen LogP contribution is 2.32. The number of amides is 3. The Morgan fingerprint density at radius 3 is 2.19 bits per heavy atom. The number of hydrogen-bond donors (Lipinski definition) is 0. The minimum Gasteiger partial charge on any atom is -0.495 e. The van der Waals surface area contributed by atoms with Gasteiger partial charge in [-0.3, -0.25) is 14.4 Å². The number of anilines is 1. The molecule has 1 aromatic carbocycles. The van der Waals surface area contributed by atoms with Gasteiger partial charge in [-0.05, 0) is 39.0 Å². The summed E-state index contributed by atoms with van der Waals surface area (Å²) in [5, 5.41) is 0. The van der Waals surface area contributed by atoms with Crippen LogP contribution in [-0.4, -0.2) is 78.9 Å². The third-order valence-electron chi connectivity index (χ3n) is 5.20.